The van der Waals surface area contributed by atoms with Crippen molar-refractivity contribution in [2.45, 2.75) is 13.0 Å². The van der Waals surface area contributed by atoms with Gasteiger partial charge in [0.2, 0.25) is 0 Å². The third-order valence-electron chi connectivity index (χ3n) is 3.40. The zero-order valence-corrected chi connectivity index (χ0v) is 11.3. The van der Waals surface area contributed by atoms with E-state index in [9.17, 15) is 4.79 Å². The number of amides is 1. The highest BCUT2D eigenvalue weighted by Gasteiger charge is 2.17. The highest BCUT2D eigenvalue weighted by atomic mass is 16.5. The van der Waals surface area contributed by atoms with E-state index in [0.717, 1.165) is 26.3 Å². The molecule has 19 heavy (non-hydrogen) atoms. The topological polar surface area (TPSA) is 67.6 Å². The summed E-state index contributed by atoms with van der Waals surface area (Å²) in [6, 6.07) is 7.27. The number of nitrogens with two attached hydrogens (primary N) is 1. The van der Waals surface area contributed by atoms with Gasteiger partial charge in [0, 0.05) is 36.9 Å². The lowest BCUT2D eigenvalue weighted by Crippen LogP contribution is -2.47. The fraction of sp³-hybridized carbons (Fsp3) is 0.500. The Hall–Kier alpha value is -1.59. The van der Waals surface area contributed by atoms with Crippen molar-refractivity contribution in [2.24, 2.45) is 0 Å². The van der Waals surface area contributed by atoms with Crippen molar-refractivity contribution >= 4 is 11.6 Å². The minimum atomic E-state index is -0.0555. The Morgan fingerprint density at radius 3 is 2.63 bits per heavy atom. The number of carbonyl (C=O) groups is 1. The van der Waals surface area contributed by atoms with E-state index < -0.39 is 0 Å². The average Bonchev–Trinajstić information content (AvgIpc) is 2.46. The van der Waals surface area contributed by atoms with Gasteiger partial charge in [0.25, 0.3) is 5.91 Å². The fourth-order valence-corrected chi connectivity index (χ4v) is 2.12. The van der Waals surface area contributed by atoms with E-state index in [4.69, 9.17) is 10.5 Å². The first-order valence-electron chi connectivity index (χ1n) is 6.62. The van der Waals surface area contributed by atoms with Gasteiger partial charge in [-0.2, -0.15) is 0 Å². The van der Waals surface area contributed by atoms with E-state index in [1.807, 2.05) is 0 Å². The lowest BCUT2D eigenvalue weighted by atomic mass is 10.2. The van der Waals surface area contributed by atoms with Gasteiger partial charge < -0.3 is 15.8 Å². The molecule has 104 valence electrons. The molecule has 1 aliphatic heterocycles. The summed E-state index contributed by atoms with van der Waals surface area (Å²) in [4.78, 5) is 14.3. The van der Waals surface area contributed by atoms with Crippen LogP contribution in [-0.4, -0.2) is 49.7 Å². The normalized spacial score (nSPS) is 17.9. The second-order valence-corrected chi connectivity index (χ2v) is 4.83. The Morgan fingerprint density at radius 1 is 1.37 bits per heavy atom. The highest BCUT2D eigenvalue weighted by molar-refractivity contribution is 5.94. The van der Waals surface area contributed by atoms with Gasteiger partial charge >= 0.3 is 0 Å². The molecule has 3 N–H and O–H groups in total. The summed E-state index contributed by atoms with van der Waals surface area (Å²) in [5, 5.41) is 2.95. The summed E-state index contributed by atoms with van der Waals surface area (Å²) >= 11 is 0. The minimum absolute atomic E-state index is 0.0555. The Morgan fingerprint density at radius 2 is 2.00 bits per heavy atom. The largest absolute Gasteiger partial charge is 0.399 e. The molecule has 1 aromatic rings. The number of rotatable bonds is 4. The molecule has 1 atom stereocenters. The minimum Gasteiger partial charge on any atom is -0.399 e. The number of morpholine rings is 1. The summed E-state index contributed by atoms with van der Waals surface area (Å²) in [7, 11) is 0. The van der Waals surface area contributed by atoms with Gasteiger partial charge in [-0.3, -0.25) is 9.69 Å². The third kappa shape index (κ3) is 3.94. The third-order valence-corrected chi connectivity index (χ3v) is 3.40. The zero-order valence-electron chi connectivity index (χ0n) is 11.3. The maximum Gasteiger partial charge on any atom is 0.251 e. The molecule has 0 aromatic heterocycles. The quantitative estimate of drug-likeness (QED) is 0.786. The zero-order chi connectivity index (χ0) is 13.7. The summed E-state index contributed by atoms with van der Waals surface area (Å²) in [6.45, 7) is 6.17. The first kappa shape index (κ1) is 13.8. The van der Waals surface area contributed by atoms with Crippen molar-refractivity contribution < 1.29 is 9.53 Å². The fourth-order valence-electron chi connectivity index (χ4n) is 2.12. The molecule has 5 heteroatoms. The molecule has 5 nitrogen and oxygen atoms in total. The van der Waals surface area contributed by atoms with Crippen LogP contribution in [-0.2, 0) is 4.74 Å². The second kappa shape index (κ2) is 6.54. The van der Waals surface area contributed by atoms with E-state index >= 15 is 0 Å². The van der Waals surface area contributed by atoms with E-state index in [2.05, 4.69) is 17.1 Å². The van der Waals surface area contributed by atoms with Crippen LogP contribution in [0.2, 0.25) is 0 Å². The molecule has 1 amide bonds. The molecule has 2 rings (SSSR count). The SMILES string of the molecule is CC(CNC(=O)c1ccc(N)cc1)N1CCOCC1. The van der Waals surface area contributed by atoms with Crippen molar-refractivity contribution in [3.8, 4) is 0 Å². The first-order valence-corrected chi connectivity index (χ1v) is 6.62. The smallest absolute Gasteiger partial charge is 0.251 e. The maximum atomic E-state index is 11.9. The number of benzene rings is 1. The number of nitrogens with zero attached hydrogens (tertiary/aromatic N) is 1. The van der Waals surface area contributed by atoms with Gasteiger partial charge in [-0.15, -0.1) is 0 Å². The van der Waals surface area contributed by atoms with E-state index in [1.165, 1.54) is 0 Å². The Bertz CT molecular complexity index is 413. The van der Waals surface area contributed by atoms with Crippen LogP contribution in [0.15, 0.2) is 24.3 Å². The number of nitrogens with one attached hydrogen (secondary N) is 1. The molecule has 1 aliphatic rings. The Balaban J connectivity index is 1.81. The lowest BCUT2D eigenvalue weighted by molar-refractivity contribution is 0.0204. The maximum absolute atomic E-state index is 11.9. The molecule has 0 radical (unpaired) electrons. The van der Waals surface area contributed by atoms with Gasteiger partial charge in [-0.25, -0.2) is 0 Å². The molecule has 1 aromatic carbocycles. The molecule has 0 bridgehead atoms. The van der Waals surface area contributed by atoms with Crippen molar-refractivity contribution in [1.82, 2.24) is 10.2 Å². The van der Waals surface area contributed by atoms with Crippen LogP contribution in [0.25, 0.3) is 0 Å². The molecular formula is C14H21N3O2. The monoisotopic (exact) mass is 263 g/mol. The lowest BCUT2D eigenvalue weighted by Gasteiger charge is -2.32. The Kier molecular flexibility index (Phi) is 4.76. The van der Waals surface area contributed by atoms with Crippen LogP contribution in [0.4, 0.5) is 5.69 Å². The molecule has 0 saturated carbocycles. The second-order valence-electron chi connectivity index (χ2n) is 4.83. The molecular weight excluding hydrogens is 242 g/mol. The molecule has 1 heterocycles. The van der Waals surface area contributed by atoms with Crippen LogP contribution in [0.1, 0.15) is 17.3 Å². The number of nitrogen functional groups attached to an aromatic ring is 1. The van der Waals surface area contributed by atoms with Crippen molar-refractivity contribution in [2.75, 3.05) is 38.6 Å². The van der Waals surface area contributed by atoms with Crippen LogP contribution in [0, 0.1) is 0 Å². The number of hydrogen-bond acceptors (Lipinski definition) is 4. The summed E-state index contributed by atoms with van der Waals surface area (Å²) < 4.78 is 5.32. The number of hydrogen-bond donors (Lipinski definition) is 2. The number of carbonyl (C=O) groups excluding carboxylic acids is 1. The number of ether oxygens (including phenoxy) is 1. The molecule has 0 aliphatic carbocycles. The van der Waals surface area contributed by atoms with Crippen molar-refractivity contribution in [3.63, 3.8) is 0 Å². The molecule has 1 saturated heterocycles. The van der Waals surface area contributed by atoms with E-state index in [1.54, 1.807) is 24.3 Å². The van der Waals surface area contributed by atoms with Gasteiger partial charge in [0.15, 0.2) is 0 Å². The van der Waals surface area contributed by atoms with Crippen molar-refractivity contribution in [1.29, 1.82) is 0 Å². The predicted octanol–water partition coefficient (Wildman–Crippen LogP) is 0.719. The van der Waals surface area contributed by atoms with Crippen LogP contribution < -0.4 is 11.1 Å². The van der Waals surface area contributed by atoms with Gasteiger partial charge in [-0.1, -0.05) is 0 Å². The molecule has 0 spiro atoms. The van der Waals surface area contributed by atoms with Crippen LogP contribution in [0.5, 0.6) is 0 Å². The van der Waals surface area contributed by atoms with Gasteiger partial charge in [-0.05, 0) is 31.2 Å². The van der Waals surface area contributed by atoms with Crippen LogP contribution >= 0.6 is 0 Å². The van der Waals surface area contributed by atoms with E-state index in [0.29, 0.717) is 23.8 Å². The van der Waals surface area contributed by atoms with Gasteiger partial charge in [0.1, 0.15) is 0 Å². The van der Waals surface area contributed by atoms with Crippen molar-refractivity contribution in [3.05, 3.63) is 29.8 Å². The first-order chi connectivity index (χ1) is 9.16. The average molecular weight is 263 g/mol. The summed E-state index contributed by atoms with van der Waals surface area (Å²) in [5.41, 5.74) is 6.90. The number of anilines is 1. The van der Waals surface area contributed by atoms with Gasteiger partial charge in [0.05, 0.1) is 13.2 Å². The standard InChI is InChI=1S/C14H21N3O2/c1-11(17-6-8-19-9-7-17)10-16-14(18)12-2-4-13(15)5-3-12/h2-5,11H,6-10,15H2,1H3,(H,16,18). The predicted molar refractivity (Wildman–Crippen MR) is 75.0 cm³/mol. The summed E-state index contributed by atoms with van der Waals surface area (Å²) in [5.74, 6) is -0.0555. The van der Waals surface area contributed by atoms with E-state index in [-0.39, 0.29) is 5.91 Å². The highest BCUT2D eigenvalue weighted by Crippen LogP contribution is 2.06. The summed E-state index contributed by atoms with van der Waals surface area (Å²) in [6.07, 6.45) is 0. The molecule has 1 unspecified atom stereocenters. The molecule has 1 fully saturated rings. The van der Waals surface area contributed by atoms with Crippen LogP contribution in [0.3, 0.4) is 0 Å². The Labute approximate surface area is 113 Å².